The first-order valence-corrected chi connectivity index (χ1v) is 5.94. The van der Waals surface area contributed by atoms with E-state index in [0.29, 0.717) is 12.7 Å². The lowest BCUT2D eigenvalue weighted by atomic mass is 9.92. The molecule has 16 heavy (non-hydrogen) atoms. The molecule has 2 heterocycles. The van der Waals surface area contributed by atoms with E-state index in [-0.39, 0.29) is 0 Å². The van der Waals surface area contributed by atoms with Gasteiger partial charge in [0.15, 0.2) is 0 Å². The van der Waals surface area contributed by atoms with E-state index in [2.05, 4.69) is 18.7 Å². The summed E-state index contributed by atoms with van der Waals surface area (Å²) in [5, 5.41) is 0. The molecule has 0 amide bonds. The van der Waals surface area contributed by atoms with Crippen LogP contribution in [-0.4, -0.2) is 6.61 Å². The largest absolute Gasteiger partial charge is 0.489 e. The summed E-state index contributed by atoms with van der Waals surface area (Å²) in [5.74, 6) is 1.59. The van der Waals surface area contributed by atoms with Gasteiger partial charge in [-0.2, -0.15) is 0 Å². The molecule has 0 N–H and O–H groups in total. The summed E-state index contributed by atoms with van der Waals surface area (Å²) in [5.41, 5.74) is 5.50. The second kappa shape index (κ2) is 2.89. The summed E-state index contributed by atoms with van der Waals surface area (Å²) in [6.45, 7) is 5.55. The van der Waals surface area contributed by atoms with Crippen LogP contribution in [-0.2, 0) is 16.1 Å². The van der Waals surface area contributed by atoms with Gasteiger partial charge in [-0.05, 0) is 29.9 Å². The van der Waals surface area contributed by atoms with Crippen molar-refractivity contribution in [1.29, 1.82) is 0 Å². The van der Waals surface area contributed by atoms with Crippen LogP contribution in [0.25, 0.3) is 5.76 Å². The summed E-state index contributed by atoms with van der Waals surface area (Å²) in [6, 6.07) is 4.36. The quantitative estimate of drug-likeness (QED) is 0.705. The molecule has 2 fully saturated rings. The predicted molar refractivity (Wildman–Crippen MR) is 60.9 cm³/mol. The van der Waals surface area contributed by atoms with Crippen LogP contribution in [0.5, 0.6) is 0 Å². The van der Waals surface area contributed by atoms with Crippen LogP contribution in [0.2, 0.25) is 0 Å². The normalized spacial score (nSPS) is 26.5. The van der Waals surface area contributed by atoms with Gasteiger partial charge in [0.2, 0.25) is 0 Å². The van der Waals surface area contributed by atoms with E-state index in [1.165, 1.54) is 35.1 Å². The molecule has 2 aliphatic heterocycles. The van der Waals surface area contributed by atoms with Crippen molar-refractivity contribution in [3.63, 3.8) is 0 Å². The fraction of sp³-hybridized carbons (Fsp3) is 0.429. The maximum atomic E-state index is 5.56. The standard InChI is InChI=1S/C14H14O2/c1-8-10-4-5-11(13-7-16-13)14(9-2-3-9)12(10)6-15-8/h4-5,9,13H,1-3,6-7H2. The van der Waals surface area contributed by atoms with Gasteiger partial charge in [0.1, 0.15) is 18.5 Å². The zero-order valence-electron chi connectivity index (χ0n) is 9.16. The Kier molecular flexibility index (Phi) is 1.59. The molecule has 1 aromatic rings. The molecule has 0 spiro atoms. The van der Waals surface area contributed by atoms with Gasteiger partial charge in [0, 0.05) is 11.1 Å². The molecule has 3 aliphatic rings. The average molecular weight is 214 g/mol. The molecule has 2 nitrogen and oxygen atoms in total. The van der Waals surface area contributed by atoms with E-state index in [1.807, 2.05) is 0 Å². The van der Waals surface area contributed by atoms with E-state index < -0.39 is 0 Å². The van der Waals surface area contributed by atoms with Gasteiger partial charge in [-0.25, -0.2) is 0 Å². The lowest BCUT2D eigenvalue weighted by Crippen LogP contribution is -1.98. The molecule has 0 radical (unpaired) electrons. The molecule has 0 aromatic heterocycles. The lowest BCUT2D eigenvalue weighted by molar-refractivity contribution is 0.285. The van der Waals surface area contributed by atoms with Crippen LogP contribution in [0.1, 0.15) is 47.1 Å². The zero-order valence-corrected chi connectivity index (χ0v) is 9.16. The zero-order chi connectivity index (χ0) is 10.7. The molecular formula is C14H14O2. The minimum Gasteiger partial charge on any atom is -0.489 e. The molecule has 82 valence electrons. The van der Waals surface area contributed by atoms with Gasteiger partial charge in [-0.15, -0.1) is 0 Å². The molecule has 1 atom stereocenters. The average Bonchev–Trinajstić information content (AvgIpc) is 3.16. The second-order valence-corrected chi connectivity index (χ2v) is 4.90. The highest BCUT2D eigenvalue weighted by Crippen LogP contribution is 2.50. The third-order valence-electron chi connectivity index (χ3n) is 3.75. The molecule has 1 aromatic carbocycles. The molecule has 4 rings (SSSR count). The monoisotopic (exact) mass is 214 g/mol. The SMILES string of the molecule is C=C1OCc2c1ccc(C1CO1)c2C1CC1. The van der Waals surface area contributed by atoms with Crippen molar-refractivity contribution in [2.24, 2.45) is 0 Å². The number of ether oxygens (including phenoxy) is 2. The number of hydrogen-bond acceptors (Lipinski definition) is 2. The molecule has 1 unspecified atom stereocenters. The first-order chi connectivity index (χ1) is 7.84. The Hall–Kier alpha value is -1.28. The van der Waals surface area contributed by atoms with Crippen LogP contribution in [0.4, 0.5) is 0 Å². The van der Waals surface area contributed by atoms with Crippen LogP contribution in [0.3, 0.4) is 0 Å². The third-order valence-corrected chi connectivity index (χ3v) is 3.75. The van der Waals surface area contributed by atoms with E-state index in [4.69, 9.17) is 9.47 Å². The first-order valence-electron chi connectivity index (χ1n) is 5.94. The van der Waals surface area contributed by atoms with Gasteiger partial charge in [-0.3, -0.25) is 0 Å². The molecule has 2 heteroatoms. The van der Waals surface area contributed by atoms with Gasteiger partial charge in [0.25, 0.3) is 0 Å². The Morgan fingerprint density at radius 1 is 1.25 bits per heavy atom. The number of rotatable bonds is 2. The van der Waals surface area contributed by atoms with Crippen molar-refractivity contribution in [2.45, 2.75) is 31.5 Å². The van der Waals surface area contributed by atoms with Gasteiger partial charge >= 0.3 is 0 Å². The lowest BCUT2D eigenvalue weighted by Gasteiger charge is -2.10. The number of hydrogen-bond donors (Lipinski definition) is 0. The van der Waals surface area contributed by atoms with Gasteiger partial charge in [0.05, 0.1) is 6.61 Å². The smallest absolute Gasteiger partial charge is 0.120 e. The van der Waals surface area contributed by atoms with Gasteiger partial charge in [-0.1, -0.05) is 18.7 Å². The second-order valence-electron chi connectivity index (χ2n) is 4.90. The molecule has 1 saturated carbocycles. The van der Waals surface area contributed by atoms with Gasteiger partial charge < -0.3 is 9.47 Å². The fourth-order valence-electron chi connectivity index (χ4n) is 2.70. The van der Waals surface area contributed by atoms with Crippen LogP contribution < -0.4 is 0 Å². The fourth-order valence-corrected chi connectivity index (χ4v) is 2.70. The summed E-state index contributed by atoms with van der Waals surface area (Å²) in [7, 11) is 0. The highest BCUT2D eigenvalue weighted by Gasteiger charge is 2.37. The number of fused-ring (bicyclic) bond motifs is 1. The van der Waals surface area contributed by atoms with Crippen LogP contribution in [0.15, 0.2) is 18.7 Å². The highest BCUT2D eigenvalue weighted by molar-refractivity contribution is 5.67. The van der Waals surface area contributed by atoms with Crippen molar-refractivity contribution in [3.8, 4) is 0 Å². The number of epoxide rings is 1. The van der Waals surface area contributed by atoms with Crippen molar-refractivity contribution in [3.05, 3.63) is 41.0 Å². The summed E-state index contributed by atoms with van der Waals surface area (Å²) >= 11 is 0. The van der Waals surface area contributed by atoms with Crippen molar-refractivity contribution in [1.82, 2.24) is 0 Å². The Morgan fingerprint density at radius 3 is 2.75 bits per heavy atom. The first kappa shape index (κ1) is 8.82. The van der Waals surface area contributed by atoms with Crippen molar-refractivity contribution in [2.75, 3.05) is 6.61 Å². The maximum Gasteiger partial charge on any atom is 0.120 e. The highest BCUT2D eigenvalue weighted by atomic mass is 16.6. The summed E-state index contributed by atoms with van der Waals surface area (Å²) in [6.07, 6.45) is 3.00. The summed E-state index contributed by atoms with van der Waals surface area (Å²) < 4.78 is 11.0. The minimum absolute atomic E-state index is 0.356. The summed E-state index contributed by atoms with van der Waals surface area (Å²) in [4.78, 5) is 0. The predicted octanol–water partition coefficient (Wildman–Crippen LogP) is 3.14. The third kappa shape index (κ3) is 1.17. The van der Waals surface area contributed by atoms with E-state index in [1.54, 1.807) is 0 Å². The minimum atomic E-state index is 0.356. The molecule has 1 aliphatic carbocycles. The van der Waals surface area contributed by atoms with E-state index in [0.717, 1.165) is 18.3 Å². The van der Waals surface area contributed by atoms with E-state index >= 15 is 0 Å². The topological polar surface area (TPSA) is 21.8 Å². The molecular weight excluding hydrogens is 200 g/mol. The Bertz CT molecular complexity index is 482. The van der Waals surface area contributed by atoms with E-state index in [9.17, 15) is 0 Å². The molecule has 1 saturated heterocycles. The van der Waals surface area contributed by atoms with Crippen LogP contribution in [0, 0.1) is 0 Å². The Balaban J connectivity index is 1.92. The number of benzene rings is 1. The Labute approximate surface area is 94.9 Å². The maximum absolute atomic E-state index is 5.56. The van der Waals surface area contributed by atoms with Crippen LogP contribution >= 0.6 is 0 Å². The Morgan fingerprint density at radius 2 is 2.06 bits per heavy atom. The van der Waals surface area contributed by atoms with Crippen molar-refractivity contribution >= 4 is 5.76 Å². The van der Waals surface area contributed by atoms with Crippen molar-refractivity contribution < 1.29 is 9.47 Å². The molecule has 0 bridgehead atoms.